The average molecular weight is 529 g/mol. The van der Waals surface area contributed by atoms with Crippen molar-refractivity contribution >= 4 is 46.7 Å². The van der Waals surface area contributed by atoms with Crippen LogP contribution in [0.4, 0.5) is 0 Å². The van der Waals surface area contributed by atoms with Gasteiger partial charge in [0.1, 0.15) is 18.1 Å². The van der Waals surface area contributed by atoms with Crippen LogP contribution in [0.2, 0.25) is 0 Å². The summed E-state index contributed by atoms with van der Waals surface area (Å²) < 4.78 is 0. The third-order valence-corrected chi connectivity index (χ3v) is 5.56. The molecule has 11 nitrogen and oxygen atoms in total. The van der Waals surface area contributed by atoms with Gasteiger partial charge in [0.2, 0.25) is 29.5 Å². The molecular formula is C24H44N6O5S. The third-order valence-electron chi connectivity index (χ3n) is 5.42. The number of nitrogens with two attached hydrogens (primary N) is 1. The van der Waals surface area contributed by atoms with E-state index in [1.54, 1.807) is 6.92 Å². The van der Waals surface area contributed by atoms with Crippen LogP contribution in [0.25, 0.3) is 0 Å². The molecule has 0 unspecified atom stereocenters. The van der Waals surface area contributed by atoms with E-state index in [0.29, 0.717) is 56.6 Å². The van der Waals surface area contributed by atoms with E-state index in [-0.39, 0.29) is 11.8 Å². The fourth-order valence-electron chi connectivity index (χ4n) is 3.50. The zero-order chi connectivity index (χ0) is 27.5. The van der Waals surface area contributed by atoms with E-state index in [1.165, 1.54) is 13.8 Å². The van der Waals surface area contributed by atoms with E-state index in [1.807, 2.05) is 6.92 Å². The van der Waals surface area contributed by atoms with Crippen molar-refractivity contribution in [1.82, 2.24) is 26.6 Å². The van der Waals surface area contributed by atoms with E-state index < -0.39 is 35.8 Å². The summed E-state index contributed by atoms with van der Waals surface area (Å²) in [7, 11) is 0. The highest BCUT2D eigenvalue weighted by Gasteiger charge is 2.28. The van der Waals surface area contributed by atoms with Gasteiger partial charge >= 0.3 is 0 Å². The van der Waals surface area contributed by atoms with Gasteiger partial charge in [-0.1, -0.05) is 32.0 Å². The molecule has 0 heterocycles. The van der Waals surface area contributed by atoms with Gasteiger partial charge in [-0.05, 0) is 51.9 Å². The largest absolute Gasteiger partial charge is 0.380 e. The van der Waals surface area contributed by atoms with Crippen molar-refractivity contribution in [2.75, 3.05) is 13.1 Å². The van der Waals surface area contributed by atoms with Crippen LogP contribution in [0.5, 0.6) is 0 Å². The minimum absolute atomic E-state index is 0.138. The Bertz CT molecular complexity index is 749. The lowest BCUT2D eigenvalue weighted by Crippen LogP contribution is -2.56. The minimum Gasteiger partial charge on any atom is -0.380 e. The molecule has 5 amide bonds. The molecule has 12 heteroatoms. The van der Waals surface area contributed by atoms with Crippen LogP contribution in [0, 0.1) is 0 Å². The topological polar surface area (TPSA) is 172 Å². The maximum absolute atomic E-state index is 13.1. The molecule has 0 aliphatic carbocycles. The number of rotatable bonds is 19. The van der Waals surface area contributed by atoms with Crippen molar-refractivity contribution in [2.24, 2.45) is 5.73 Å². The first kappa shape index (κ1) is 33.2. The zero-order valence-corrected chi connectivity index (χ0v) is 22.9. The molecule has 0 fully saturated rings. The number of amides is 5. The van der Waals surface area contributed by atoms with Crippen LogP contribution in [-0.4, -0.2) is 65.7 Å². The van der Waals surface area contributed by atoms with E-state index in [2.05, 4.69) is 26.6 Å². The number of primary amides is 1. The predicted octanol–water partition coefficient (Wildman–Crippen LogP) is 0.550. The van der Waals surface area contributed by atoms with Gasteiger partial charge in [0.15, 0.2) is 0 Å². The van der Waals surface area contributed by atoms with E-state index >= 15 is 0 Å². The van der Waals surface area contributed by atoms with Crippen molar-refractivity contribution in [2.45, 2.75) is 104 Å². The van der Waals surface area contributed by atoms with Gasteiger partial charge < -0.3 is 32.3 Å². The van der Waals surface area contributed by atoms with Crippen LogP contribution in [0.3, 0.4) is 0 Å². The Hall–Kier alpha value is -2.76. The Morgan fingerprint density at radius 3 is 1.61 bits per heavy atom. The molecule has 0 aromatic heterocycles. The molecule has 0 saturated heterocycles. The maximum Gasteiger partial charge on any atom is 0.243 e. The van der Waals surface area contributed by atoms with Gasteiger partial charge in [-0.2, -0.15) is 0 Å². The summed E-state index contributed by atoms with van der Waals surface area (Å²) in [6.07, 6.45) is 5.21. The number of hydrogen-bond donors (Lipinski definition) is 6. The average Bonchev–Trinajstić information content (AvgIpc) is 2.78. The summed E-state index contributed by atoms with van der Waals surface area (Å²) in [6.45, 7) is 7.63. The van der Waals surface area contributed by atoms with E-state index in [4.69, 9.17) is 18.0 Å². The summed E-state index contributed by atoms with van der Waals surface area (Å²) in [6, 6.07) is -2.55. The summed E-state index contributed by atoms with van der Waals surface area (Å²) in [5, 5.41) is 13.8. The molecule has 3 atom stereocenters. The number of unbranched alkanes of at least 4 members (excludes halogenated alkanes) is 3. The first-order chi connectivity index (χ1) is 17.0. The summed E-state index contributed by atoms with van der Waals surface area (Å²) in [5.74, 6) is -2.10. The summed E-state index contributed by atoms with van der Waals surface area (Å²) in [4.78, 5) is 61.2. The lowest BCUT2D eigenvalue weighted by molar-refractivity contribution is -0.133. The smallest absolute Gasteiger partial charge is 0.243 e. The van der Waals surface area contributed by atoms with Gasteiger partial charge in [-0.3, -0.25) is 24.0 Å². The number of nitrogens with one attached hydrogen (secondary N) is 5. The van der Waals surface area contributed by atoms with Crippen LogP contribution in [0.1, 0.15) is 85.5 Å². The minimum atomic E-state index is -0.903. The van der Waals surface area contributed by atoms with Gasteiger partial charge in [0.25, 0.3) is 0 Å². The molecule has 0 bridgehead atoms. The van der Waals surface area contributed by atoms with Crippen LogP contribution in [-0.2, 0) is 24.0 Å². The van der Waals surface area contributed by atoms with E-state index in [0.717, 1.165) is 19.3 Å². The van der Waals surface area contributed by atoms with Crippen molar-refractivity contribution in [3.05, 3.63) is 0 Å². The Kier molecular flexibility index (Phi) is 17.9. The molecule has 36 heavy (non-hydrogen) atoms. The lowest BCUT2D eigenvalue weighted by atomic mass is 10.0. The quantitative estimate of drug-likeness (QED) is 0.105. The molecule has 0 saturated carbocycles. The molecule has 0 rings (SSSR count). The molecule has 0 spiro atoms. The number of carbonyl (C=O) groups excluding carboxylic acids is 5. The molecule has 0 aliphatic rings. The Morgan fingerprint density at radius 2 is 1.14 bits per heavy atom. The molecule has 0 aliphatic heterocycles. The highest BCUT2D eigenvalue weighted by atomic mass is 32.1. The Morgan fingerprint density at radius 1 is 0.667 bits per heavy atom. The van der Waals surface area contributed by atoms with Gasteiger partial charge in [-0.25, -0.2) is 0 Å². The van der Waals surface area contributed by atoms with Gasteiger partial charge in [0, 0.05) is 26.9 Å². The number of hydrogen-bond acceptors (Lipinski definition) is 6. The molecular weight excluding hydrogens is 484 g/mol. The first-order valence-electron chi connectivity index (χ1n) is 12.6. The normalized spacial score (nSPS) is 13.0. The van der Waals surface area contributed by atoms with Crippen molar-refractivity contribution in [3.8, 4) is 0 Å². The number of thiocarbonyl (C=S) groups is 1. The highest BCUT2D eigenvalue weighted by Crippen LogP contribution is 2.07. The van der Waals surface area contributed by atoms with Crippen molar-refractivity contribution in [3.63, 3.8) is 0 Å². The summed E-state index contributed by atoms with van der Waals surface area (Å²) >= 11 is 5.00. The molecule has 206 valence electrons. The van der Waals surface area contributed by atoms with Crippen molar-refractivity contribution in [1.29, 1.82) is 0 Å². The van der Waals surface area contributed by atoms with Crippen LogP contribution >= 0.6 is 12.2 Å². The maximum atomic E-state index is 13.1. The molecule has 0 aromatic rings. The second-order valence-electron chi connectivity index (χ2n) is 8.88. The standard InChI is InChI=1S/C24H44N6O5S/c1-5-6-11-20(28-17(3)32)23(34)30-21(13-8-10-15-27-18(4)36)24(35)29-19(22(25)33)12-7-9-14-26-16(2)31/h19-21H,5-15H2,1-4H3,(H2,25,33)(H,26,31)(H,27,36)(H,28,32)(H,29,35)(H,30,34)/t19-,20-,21-/m0/s1. The lowest BCUT2D eigenvalue weighted by Gasteiger charge is -2.25. The summed E-state index contributed by atoms with van der Waals surface area (Å²) in [5.41, 5.74) is 5.50. The third kappa shape index (κ3) is 16.8. The van der Waals surface area contributed by atoms with E-state index in [9.17, 15) is 24.0 Å². The Balaban J connectivity index is 5.24. The second-order valence-corrected chi connectivity index (χ2v) is 9.49. The Labute approximate surface area is 219 Å². The first-order valence-corrected chi connectivity index (χ1v) is 13.0. The van der Waals surface area contributed by atoms with Crippen molar-refractivity contribution < 1.29 is 24.0 Å². The molecule has 0 radical (unpaired) electrons. The van der Waals surface area contributed by atoms with Gasteiger partial charge in [0.05, 0.1) is 4.99 Å². The highest BCUT2D eigenvalue weighted by molar-refractivity contribution is 7.80. The molecule has 0 aromatic carbocycles. The molecule has 7 N–H and O–H groups in total. The number of carbonyl (C=O) groups is 5. The zero-order valence-electron chi connectivity index (χ0n) is 22.0. The SMILES string of the molecule is CCCC[C@H](NC(C)=O)C(=O)N[C@@H](CCCCNC(C)=S)C(=O)N[C@@H](CCCCNC(C)=O)C(N)=O. The monoisotopic (exact) mass is 528 g/mol. The predicted molar refractivity (Wildman–Crippen MR) is 143 cm³/mol. The fraction of sp³-hybridized carbons (Fsp3) is 0.750. The fourth-order valence-corrected chi connectivity index (χ4v) is 3.60. The van der Waals surface area contributed by atoms with Crippen LogP contribution < -0.4 is 32.3 Å². The second kappa shape index (κ2) is 19.4. The van der Waals surface area contributed by atoms with Crippen LogP contribution in [0.15, 0.2) is 0 Å². The van der Waals surface area contributed by atoms with Gasteiger partial charge in [-0.15, -0.1) is 0 Å².